The summed E-state index contributed by atoms with van der Waals surface area (Å²) in [5, 5.41) is 10.9. The second-order valence-electron chi connectivity index (χ2n) is 4.30. The Labute approximate surface area is 122 Å². The van der Waals surface area contributed by atoms with Crippen molar-refractivity contribution < 1.29 is 14.6 Å². The Hall–Kier alpha value is -1.78. The molecule has 20 heavy (non-hydrogen) atoms. The minimum Gasteiger partial charge on any atom is -0.493 e. The van der Waals surface area contributed by atoms with Gasteiger partial charge >= 0.3 is 0 Å². The molecule has 1 N–H and O–H groups in total. The molecule has 0 bridgehead atoms. The number of hydrogen-bond acceptors (Lipinski definition) is 4. The molecule has 1 unspecified atom stereocenters. The predicted octanol–water partition coefficient (Wildman–Crippen LogP) is 3.03. The second-order valence-corrected chi connectivity index (χ2v) is 4.71. The first-order chi connectivity index (χ1) is 9.65. The van der Waals surface area contributed by atoms with E-state index in [0.717, 1.165) is 11.1 Å². The van der Waals surface area contributed by atoms with Crippen LogP contribution in [0.15, 0.2) is 36.7 Å². The molecule has 0 radical (unpaired) electrons. The smallest absolute Gasteiger partial charge is 0.161 e. The highest BCUT2D eigenvalue weighted by Crippen LogP contribution is 2.31. The Kier molecular flexibility index (Phi) is 4.82. The Balaban J connectivity index is 2.21. The van der Waals surface area contributed by atoms with Crippen molar-refractivity contribution in [3.63, 3.8) is 0 Å². The average molecular weight is 294 g/mol. The number of methoxy groups -OCH3 is 2. The Morgan fingerprint density at radius 2 is 1.95 bits per heavy atom. The van der Waals surface area contributed by atoms with E-state index in [4.69, 9.17) is 21.1 Å². The van der Waals surface area contributed by atoms with Crippen LogP contribution in [0.1, 0.15) is 17.2 Å². The maximum Gasteiger partial charge on any atom is 0.161 e. The van der Waals surface area contributed by atoms with Gasteiger partial charge in [0.25, 0.3) is 0 Å². The molecule has 2 aromatic rings. The van der Waals surface area contributed by atoms with Crippen molar-refractivity contribution in [2.45, 2.75) is 12.5 Å². The minimum atomic E-state index is -0.672. The van der Waals surface area contributed by atoms with Crippen molar-refractivity contribution in [1.82, 2.24) is 4.98 Å². The number of aromatic nitrogens is 1. The van der Waals surface area contributed by atoms with E-state index in [0.29, 0.717) is 22.9 Å². The van der Waals surface area contributed by atoms with E-state index in [2.05, 4.69) is 4.98 Å². The van der Waals surface area contributed by atoms with Gasteiger partial charge in [-0.05, 0) is 29.3 Å². The van der Waals surface area contributed by atoms with Crippen LogP contribution < -0.4 is 9.47 Å². The summed E-state index contributed by atoms with van der Waals surface area (Å²) in [5.41, 5.74) is 1.60. The molecule has 1 aromatic heterocycles. The lowest BCUT2D eigenvalue weighted by atomic mass is 10.0. The fraction of sp³-hybridized carbons (Fsp3) is 0.267. The number of halogens is 1. The molecule has 0 amide bonds. The SMILES string of the molecule is COc1ccc(C(O)Cc2ccncc2Cl)cc1OC. The maximum atomic E-state index is 10.3. The highest BCUT2D eigenvalue weighted by atomic mass is 35.5. The van der Waals surface area contributed by atoms with Gasteiger partial charge in [-0.15, -0.1) is 0 Å². The lowest BCUT2D eigenvalue weighted by Gasteiger charge is -2.14. The molecule has 0 spiro atoms. The van der Waals surface area contributed by atoms with E-state index in [-0.39, 0.29) is 0 Å². The number of rotatable bonds is 5. The molecule has 5 heteroatoms. The van der Waals surface area contributed by atoms with Crippen LogP contribution in [0.25, 0.3) is 0 Å². The monoisotopic (exact) mass is 293 g/mol. The predicted molar refractivity (Wildman–Crippen MR) is 77.5 cm³/mol. The largest absolute Gasteiger partial charge is 0.493 e. The first kappa shape index (κ1) is 14.6. The van der Waals surface area contributed by atoms with Crippen molar-refractivity contribution in [1.29, 1.82) is 0 Å². The van der Waals surface area contributed by atoms with Gasteiger partial charge in [-0.1, -0.05) is 17.7 Å². The van der Waals surface area contributed by atoms with Crippen LogP contribution >= 0.6 is 11.6 Å². The molecule has 0 aliphatic heterocycles. The standard InChI is InChI=1S/C15H16ClNO3/c1-19-14-4-3-11(8-15(14)20-2)13(18)7-10-5-6-17-9-12(10)16/h3-6,8-9,13,18H,7H2,1-2H3. The molecule has 0 saturated carbocycles. The number of pyridine rings is 1. The quantitative estimate of drug-likeness (QED) is 0.920. The fourth-order valence-corrected chi connectivity index (χ4v) is 2.15. The molecule has 1 atom stereocenters. The number of aliphatic hydroxyl groups excluding tert-OH is 1. The topological polar surface area (TPSA) is 51.6 Å². The highest BCUT2D eigenvalue weighted by molar-refractivity contribution is 6.31. The Morgan fingerprint density at radius 1 is 1.20 bits per heavy atom. The summed E-state index contributed by atoms with van der Waals surface area (Å²) in [4.78, 5) is 3.92. The molecule has 0 aliphatic carbocycles. The summed E-state index contributed by atoms with van der Waals surface area (Å²) in [7, 11) is 3.14. The molecular weight excluding hydrogens is 278 g/mol. The number of benzene rings is 1. The maximum absolute atomic E-state index is 10.3. The normalized spacial score (nSPS) is 12.0. The molecule has 0 fully saturated rings. The molecule has 106 valence electrons. The zero-order valence-electron chi connectivity index (χ0n) is 11.3. The molecule has 1 heterocycles. The lowest BCUT2D eigenvalue weighted by Crippen LogP contribution is -2.03. The first-order valence-corrected chi connectivity index (χ1v) is 6.52. The molecule has 0 saturated heterocycles. The molecular formula is C15H16ClNO3. The van der Waals surface area contributed by atoms with Crippen LogP contribution in [-0.2, 0) is 6.42 Å². The van der Waals surface area contributed by atoms with Gasteiger partial charge in [-0.25, -0.2) is 0 Å². The van der Waals surface area contributed by atoms with Crippen LogP contribution in [0.2, 0.25) is 5.02 Å². The van der Waals surface area contributed by atoms with E-state index < -0.39 is 6.10 Å². The first-order valence-electron chi connectivity index (χ1n) is 6.14. The van der Waals surface area contributed by atoms with Crippen molar-refractivity contribution >= 4 is 11.6 Å². The van der Waals surface area contributed by atoms with E-state index in [1.54, 1.807) is 50.9 Å². The van der Waals surface area contributed by atoms with Crippen LogP contribution in [0.5, 0.6) is 11.5 Å². The van der Waals surface area contributed by atoms with Crippen molar-refractivity contribution in [2.24, 2.45) is 0 Å². The third-order valence-corrected chi connectivity index (χ3v) is 3.40. The summed E-state index contributed by atoms with van der Waals surface area (Å²) in [6, 6.07) is 7.14. The zero-order valence-corrected chi connectivity index (χ0v) is 12.1. The summed E-state index contributed by atoms with van der Waals surface area (Å²) in [5.74, 6) is 1.22. The van der Waals surface area contributed by atoms with Gasteiger partial charge < -0.3 is 14.6 Å². The third-order valence-electron chi connectivity index (χ3n) is 3.06. The lowest BCUT2D eigenvalue weighted by molar-refractivity contribution is 0.178. The van der Waals surface area contributed by atoms with Crippen LogP contribution in [0, 0.1) is 0 Å². The highest BCUT2D eigenvalue weighted by Gasteiger charge is 2.13. The average Bonchev–Trinajstić information content (AvgIpc) is 2.48. The van der Waals surface area contributed by atoms with Gasteiger partial charge in [-0.3, -0.25) is 4.98 Å². The van der Waals surface area contributed by atoms with Gasteiger partial charge in [0, 0.05) is 18.8 Å². The minimum absolute atomic E-state index is 0.414. The summed E-state index contributed by atoms with van der Waals surface area (Å²) >= 11 is 6.04. The van der Waals surface area contributed by atoms with Crippen LogP contribution in [0.3, 0.4) is 0 Å². The van der Waals surface area contributed by atoms with Crippen molar-refractivity contribution in [3.8, 4) is 11.5 Å². The fourth-order valence-electron chi connectivity index (χ4n) is 1.96. The van der Waals surface area contributed by atoms with E-state index in [1.165, 1.54) is 0 Å². The van der Waals surface area contributed by atoms with Crippen molar-refractivity contribution in [2.75, 3.05) is 14.2 Å². The van der Waals surface area contributed by atoms with Gasteiger partial charge in [-0.2, -0.15) is 0 Å². The van der Waals surface area contributed by atoms with Crippen molar-refractivity contribution in [3.05, 3.63) is 52.8 Å². The van der Waals surface area contributed by atoms with E-state index >= 15 is 0 Å². The summed E-state index contributed by atoms with van der Waals surface area (Å²) in [6.07, 6.45) is 2.96. The van der Waals surface area contributed by atoms with E-state index in [1.807, 2.05) is 0 Å². The van der Waals surface area contributed by atoms with Crippen LogP contribution in [-0.4, -0.2) is 24.3 Å². The van der Waals surface area contributed by atoms with Gasteiger partial charge in [0.05, 0.1) is 25.3 Å². The van der Waals surface area contributed by atoms with Gasteiger partial charge in [0.15, 0.2) is 11.5 Å². The van der Waals surface area contributed by atoms with Gasteiger partial charge in [0.2, 0.25) is 0 Å². The molecule has 4 nitrogen and oxygen atoms in total. The van der Waals surface area contributed by atoms with Crippen LogP contribution in [0.4, 0.5) is 0 Å². The summed E-state index contributed by atoms with van der Waals surface area (Å²) in [6.45, 7) is 0. The summed E-state index contributed by atoms with van der Waals surface area (Å²) < 4.78 is 10.4. The Morgan fingerprint density at radius 3 is 2.60 bits per heavy atom. The Bertz CT molecular complexity index is 589. The molecule has 1 aromatic carbocycles. The zero-order chi connectivity index (χ0) is 14.5. The second kappa shape index (κ2) is 6.59. The molecule has 0 aliphatic rings. The van der Waals surface area contributed by atoms with E-state index in [9.17, 15) is 5.11 Å². The number of nitrogens with zero attached hydrogens (tertiary/aromatic N) is 1. The van der Waals surface area contributed by atoms with Gasteiger partial charge in [0.1, 0.15) is 0 Å². The third kappa shape index (κ3) is 3.21. The molecule has 2 rings (SSSR count). The number of ether oxygens (including phenoxy) is 2. The number of aliphatic hydroxyl groups is 1. The number of hydrogen-bond donors (Lipinski definition) is 1.